The Labute approximate surface area is 276 Å². The van der Waals surface area contributed by atoms with Gasteiger partial charge in [-0.05, 0) is 51.5 Å². The van der Waals surface area contributed by atoms with Gasteiger partial charge >= 0.3 is 18.0 Å². The Morgan fingerprint density at radius 3 is 2.18 bits per heavy atom. The summed E-state index contributed by atoms with van der Waals surface area (Å²) in [7, 11) is 0. The molecule has 2 amide bonds. The van der Waals surface area contributed by atoms with Gasteiger partial charge in [-0.1, -0.05) is 48.5 Å². The van der Waals surface area contributed by atoms with Crippen molar-refractivity contribution in [1.29, 1.82) is 0 Å². The third-order valence-corrected chi connectivity index (χ3v) is 7.29. The minimum atomic E-state index is -5.01. The fourth-order valence-corrected chi connectivity index (χ4v) is 5.12. The van der Waals surface area contributed by atoms with Crippen molar-refractivity contribution in [1.82, 2.24) is 14.5 Å². The molecule has 0 aliphatic rings. The number of nitrogens with zero attached hydrogens (tertiary/aromatic N) is 2. The summed E-state index contributed by atoms with van der Waals surface area (Å²) in [4.78, 5) is 52.4. The molecule has 4 rings (SSSR count). The van der Waals surface area contributed by atoms with Gasteiger partial charge in [-0.25, -0.2) is 18.4 Å². The molecule has 0 fully saturated rings. The van der Waals surface area contributed by atoms with Crippen LogP contribution < -0.4 is 27.0 Å². The number of aromatic nitrogens is 2. The number of hydrogen-bond acceptors (Lipinski definition) is 6. The first-order valence-corrected chi connectivity index (χ1v) is 14.8. The maximum absolute atomic E-state index is 15.9. The Bertz CT molecular complexity index is 1980. The summed E-state index contributed by atoms with van der Waals surface area (Å²) in [6, 6.07) is 12.9. The second-order valence-corrected chi connectivity index (χ2v) is 12.0. The van der Waals surface area contributed by atoms with Crippen molar-refractivity contribution in [3.63, 3.8) is 0 Å². The lowest BCUT2D eigenvalue weighted by molar-refractivity contribution is -0.138. The van der Waals surface area contributed by atoms with Crippen molar-refractivity contribution in [3.8, 4) is 16.9 Å². The summed E-state index contributed by atoms with van der Waals surface area (Å²) >= 11 is 0. The Morgan fingerprint density at radius 1 is 0.918 bits per heavy atom. The molecule has 15 heteroatoms. The van der Waals surface area contributed by atoms with E-state index in [4.69, 9.17) is 15.2 Å². The maximum atomic E-state index is 15.9. The van der Waals surface area contributed by atoms with Crippen molar-refractivity contribution in [2.24, 2.45) is 5.73 Å². The van der Waals surface area contributed by atoms with E-state index in [2.05, 4.69) is 5.32 Å². The first kappa shape index (κ1) is 36.4. The monoisotopic (exact) mass is 688 g/mol. The van der Waals surface area contributed by atoms with Gasteiger partial charge in [0.05, 0.1) is 30.3 Å². The lowest BCUT2D eigenvalue weighted by atomic mass is 10.0. The Kier molecular flexibility index (Phi) is 10.6. The van der Waals surface area contributed by atoms with Gasteiger partial charge in [-0.2, -0.15) is 13.2 Å². The van der Waals surface area contributed by atoms with Crippen LogP contribution in [0, 0.1) is 18.6 Å². The highest BCUT2D eigenvalue weighted by molar-refractivity contribution is 5.75. The van der Waals surface area contributed by atoms with E-state index in [1.807, 2.05) is 0 Å². The van der Waals surface area contributed by atoms with E-state index in [0.717, 1.165) is 28.8 Å². The lowest BCUT2D eigenvalue weighted by Crippen LogP contribution is -2.46. The van der Waals surface area contributed by atoms with E-state index in [-0.39, 0.29) is 5.69 Å². The molecular weight excluding hydrogens is 655 g/mol. The average molecular weight is 689 g/mol. The van der Waals surface area contributed by atoms with Crippen LogP contribution in [0.5, 0.6) is 5.75 Å². The number of nitrogens with one attached hydrogen (secondary N) is 1. The Morgan fingerprint density at radius 2 is 1.57 bits per heavy atom. The summed E-state index contributed by atoms with van der Waals surface area (Å²) in [5, 5.41) is 2.61. The van der Waals surface area contributed by atoms with E-state index >= 15 is 8.78 Å². The van der Waals surface area contributed by atoms with Gasteiger partial charge < -0.3 is 20.5 Å². The van der Waals surface area contributed by atoms with Gasteiger partial charge in [0, 0.05) is 16.8 Å². The number of benzene rings is 3. The van der Waals surface area contributed by atoms with E-state index in [1.165, 1.54) is 13.0 Å². The summed E-state index contributed by atoms with van der Waals surface area (Å²) in [6.45, 7) is 3.73. The average Bonchev–Trinajstić information content (AvgIpc) is 3.00. The number of nitrogens with two attached hydrogens (primary N) is 1. The normalized spacial score (nSPS) is 12.3. The van der Waals surface area contributed by atoms with Gasteiger partial charge in [0.1, 0.15) is 11.4 Å². The number of halogens is 5. The Balaban J connectivity index is 2.00. The molecule has 1 aromatic heterocycles. The molecule has 0 bridgehead atoms. The van der Waals surface area contributed by atoms with Crippen LogP contribution in [0.4, 0.5) is 26.7 Å². The number of ether oxygens (including phenoxy) is 2. The molecule has 3 N–H and O–H groups in total. The van der Waals surface area contributed by atoms with Crippen LogP contribution in [0.3, 0.4) is 0 Å². The largest absolute Gasteiger partial charge is 0.481 e. The first-order chi connectivity index (χ1) is 22.9. The molecule has 49 heavy (non-hydrogen) atoms. The molecule has 0 saturated carbocycles. The van der Waals surface area contributed by atoms with Gasteiger partial charge in [0.2, 0.25) is 0 Å². The number of rotatable bonds is 10. The van der Waals surface area contributed by atoms with Crippen molar-refractivity contribution in [2.45, 2.75) is 58.6 Å². The molecule has 1 atom stereocenters. The van der Waals surface area contributed by atoms with Crippen LogP contribution in [0.25, 0.3) is 11.1 Å². The minimum Gasteiger partial charge on any atom is -0.481 e. The molecule has 0 unspecified atom stereocenters. The summed E-state index contributed by atoms with van der Waals surface area (Å²) in [5.41, 5.74) is -1.14. The minimum absolute atomic E-state index is 0.301. The third kappa shape index (κ3) is 8.52. The number of alkyl halides is 3. The number of carbonyl (C=O) groups is 2. The molecule has 0 spiro atoms. The van der Waals surface area contributed by atoms with Crippen LogP contribution in [0.1, 0.15) is 49.2 Å². The zero-order valence-electron chi connectivity index (χ0n) is 26.9. The lowest BCUT2D eigenvalue weighted by Gasteiger charge is -2.25. The summed E-state index contributed by atoms with van der Waals surface area (Å²) in [5.74, 6) is -3.83. The van der Waals surface area contributed by atoms with Gasteiger partial charge in [0.25, 0.3) is 11.5 Å². The summed E-state index contributed by atoms with van der Waals surface area (Å²) < 4.78 is 84.7. The second kappa shape index (κ2) is 14.3. The molecule has 0 saturated heterocycles. The van der Waals surface area contributed by atoms with Crippen LogP contribution in [-0.2, 0) is 28.8 Å². The van der Waals surface area contributed by atoms with Gasteiger partial charge in [-0.15, -0.1) is 0 Å². The smallest absolute Gasteiger partial charge is 0.416 e. The van der Waals surface area contributed by atoms with Crippen LogP contribution in [0.15, 0.2) is 76.3 Å². The molecule has 3 aromatic carbocycles. The second-order valence-electron chi connectivity index (χ2n) is 12.0. The van der Waals surface area contributed by atoms with Gasteiger partial charge in [0.15, 0.2) is 18.2 Å². The highest BCUT2D eigenvalue weighted by atomic mass is 19.4. The third-order valence-electron chi connectivity index (χ3n) is 7.29. The number of amides is 2. The standard InChI is InChI=1S/C34H33F5N4O6/c1-19-28(21-12-8-15-26(29(21)36)48-18-27(40)44)30(45)43(17-25(20-10-6-5-7-11-20)41-31(46)49-33(2,3)4)32(47)42(19)16-22-23(34(37,38)39)13-9-14-24(22)35/h5-15,25H,16-18H2,1-4H3,(H2,40,44)(H,41,46)/t25-/m0/s1. The fraction of sp³-hybridized carbons (Fsp3) is 0.294. The molecule has 0 radical (unpaired) electrons. The zero-order chi connectivity index (χ0) is 36.3. The fourth-order valence-electron chi connectivity index (χ4n) is 5.12. The van der Waals surface area contributed by atoms with Gasteiger partial charge in [-0.3, -0.25) is 18.7 Å². The number of alkyl carbamates (subject to hydrolysis) is 1. The zero-order valence-corrected chi connectivity index (χ0v) is 26.9. The molecular formula is C34H33F5N4O6. The van der Waals surface area contributed by atoms with Crippen LogP contribution in [0.2, 0.25) is 0 Å². The molecule has 0 aliphatic heterocycles. The van der Waals surface area contributed by atoms with Crippen LogP contribution >= 0.6 is 0 Å². The quantitative estimate of drug-likeness (QED) is 0.213. The topological polar surface area (TPSA) is 135 Å². The predicted octanol–water partition coefficient (Wildman–Crippen LogP) is 5.46. The van der Waals surface area contributed by atoms with E-state index in [9.17, 15) is 32.3 Å². The van der Waals surface area contributed by atoms with E-state index < -0.39 is 100 Å². The number of hydrogen-bond donors (Lipinski definition) is 2. The summed E-state index contributed by atoms with van der Waals surface area (Å²) in [6.07, 6.45) is -5.92. The first-order valence-electron chi connectivity index (χ1n) is 14.8. The van der Waals surface area contributed by atoms with Crippen LogP contribution in [-0.4, -0.2) is 33.3 Å². The van der Waals surface area contributed by atoms with E-state index in [0.29, 0.717) is 16.2 Å². The van der Waals surface area contributed by atoms with Crippen molar-refractivity contribution in [2.75, 3.05) is 6.61 Å². The molecule has 260 valence electrons. The molecule has 0 aliphatic carbocycles. The maximum Gasteiger partial charge on any atom is 0.416 e. The molecule has 4 aromatic rings. The molecule has 1 heterocycles. The Hall–Kier alpha value is -5.47. The number of carbonyl (C=O) groups excluding carboxylic acids is 2. The SMILES string of the molecule is Cc1c(-c2cccc(OCC(N)=O)c2F)c(=O)n(C[C@H](NC(=O)OC(C)(C)C)c2ccccc2)c(=O)n1Cc1c(F)cccc1C(F)(F)F. The van der Waals surface area contributed by atoms with Crippen molar-refractivity contribution >= 4 is 12.0 Å². The highest BCUT2D eigenvalue weighted by Gasteiger charge is 2.35. The molecule has 10 nitrogen and oxygen atoms in total. The number of primary amides is 1. The van der Waals surface area contributed by atoms with Crippen molar-refractivity contribution < 1.29 is 41.0 Å². The predicted molar refractivity (Wildman–Crippen MR) is 169 cm³/mol. The highest BCUT2D eigenvalue weighted by Crippen LogP contribution is 2.34. The van der Waals surface area contributed by atoms with E-state index in [1.54, 1.807) is 51.1 Å². The van der Waals surface area contributed by atoms with Crippen molar-refractivity contribution in [3.05, 3.63) is 122 Å².